The number of para-hydroxylation sites is 1. The Hall–Kier alpha value is -1.15. The van der Waals surface area contributed by atoms with E-state index in [0.717, 1.165) is 18.5 Å². The van der Waals surface area contributed by atoms with Crippen molar-refractivity contribution in [2.75, 3.05) is 6.54 Å². The molecule has 1 aliphatic rings. The first kappa shape index (κ1) is 9.41. The van der Waals surface area contributed by atoms with E-state index in [1.807, 2.05) is 6.07 Å². The lowest BCUT2D eigenvalue weighted by Crippen LogP contribution is -2.22. The van der Waals surface area contributed by atoms with Crippen molar-refractivity contribution in [1.82, 2.24) is 0 Å². The van der Waals surface area contributed by atoms with Gasteiger partial charge in [-0.1, -0.05) is 25.1 Å². The predicted octanol–water partition coefficient (Wildman–Crippen LogP) is 2.30. The fourth-order valence-electron chi connectivity index (χ4n) is 1.93. The highest BCUT2D eigenvalue weighted by molar-refractivity contribution is 5.95. The Bertz CT molecular complexity index is 351. The van der Waals surface area contributed by atoms with Gasteiger partial charge in [0.15, 0.2) is 0 Å². The molecule has 2 nitrogen and oxygen atoms in total. The van der Waals surface area contributed by atoms with Crippen LogP contribution in [0.25, 0.3) is 0 Å². The number of hydrogen-bond donors (Lipinski definition) is 1. The van der Waals surface area contributed by atoms with E-state index in [4.69, 9.17) is 5.73 Å². The smallest absolute Gasteiger partial charge is 0.0665 e. The Morgan fingerprint density at radius 3 is 2.86 bits per heavy atom. The highest BCUT2D eigenvalue weighted by atomic mass is 14.8. The summed E-state index contributed by atoms with van der Waals surface area (Å²) in [6.45, 7) is 2.88. The van der Waals surface area contributed by atoms with E-state index in [2.05, 4.69) is 30.1 Å². The first-order valence-corrected chi connectivity index (χ1v) is 5.20. The van der Waals surface area contributed by atoms with Crippen LogP contribution in [0.3, 0.4) is 0 Å². The topological polar surface area (TPSA) is 38.4 Å². The van der Waals surface area contributed by atoms with Gasteiger partial charge in [-0.15, -0.1) is 0 Å². The summed E-state index contributed by atoms with van der Waals surface area (Å²) >= 11 is 0. The van der Waals surface area contributed by atoms with Crippen LogP contribution in [0, 0.1) is 5.92 Å². The van der Waals surface area contributed by atoms with E-state index in [1.54, 1.807) is 0 Å². The van der Waals surface area contributed by atoms with Crippen LogP contribution >= 0.6 is 0 Å². The molecule has 0 bridgehead atoms. The molecule has 1 aromatic rings. The fraction of sp³-hybridized carbons (Fsp3) is 0.417. The standard InChI is InChI=1S/C12H16N2/c1-2-9(8-13)12-7-10-5-3-4-6-11(10)14-12/h3-6,9H,2,7-8,13H2,1H3. The molecule has 1 aliphatic heterocycles. The van der Waals surface area contributed by atoms with Gasteiger partial charge in [-0.3, -0.25) is 4.99 Å². The Labute approximate surface area is 84.9 Å². The van der Waals surface area contributed by atoms with Crippen molar-refractivity contribution in [3.63, 3.8) is 0 Å². The molecule has 0 saturated carbocycles. The van der Waals surface area contributed by atoms with E-state index in [9.17, 15) is 0 Å². The molecule has 0 amide bonds. The zero-order chi connectivity index (χ0) is 9.97. The van der Waals surface area contributed by atoms with Gasteiger partial charge >= 0.3 is 0 Å². The molecular formula is C12H16N2. The minimum Gasteiger partial charge on any atom is -0.330 e. The third kappa shape index (κ3) is 1.58. The zero-order valence-corrected chi connectivity index (χ0v) is 8.53. The molecule has 74 valence electrons. The van der Waals surface area contributed by atoms with Gasteiger partial charge in [-0.25, -0.2) is 0 Å². The van der Waals surface area contributed by atoms with Gasteiger partial charge in [0.25, 0.3) is 0 Å². The van der Waals surface area contributed by atoms with Crippen LogP contribution in [0.4, 0.5) is 5.69 Å². The van der Waals surface area contributed by atoms with Gasteiger partial charge in [0.1, 0.15) is 0 Å². The van der Waals surface area contributed by atoms with Gasteiger partial charge in [0.05, 0.1) is 5.69 Å². The quantitative estimate of drug-likeness (QED) is 0.776. The van der Waals surface area contributed by atoms with Crippen molar-refractivity contribution in [3.05, 3.63) is 29.8 Å². The monoisotopic (exact) mass is 188 g/mol. The molecule has 0 spiro atoms. The third-order valence-electron chi connectivity index (χ3n) is 2.88. The molecule has 2 N–H and O–H groups in total. The molecular weight excluding hydrogens is 172 g/mol. The molecule has 0 aliphatic carbocycles. The Morgan fingerprint density at radius 2 is 2.21 bits per heavy atom. The van der Waals surface area contributed by atoms with Gasteiger partial charge < -0.3 is 5.73 Å². The lowest BCUT2D eigenvalue weighted by Gasteiger charge is -2.10. The van der Waals surface area contributed by atoms with Crippen molar-refractivity contribution in [3.8, 4) is 0 Å². The first-order valence-electron chi connectivity index (χ1n) is 5.20. The largest absolute Gasteiger partial charge is 0.330 e. The maximum atomic E-state index is 5.72. The highest BCUT2D eigenvalue weighted by Crippen LogP contribution is 2.28. The SMILES string of the molecule is CCC(CN)C1=Nc2ccccc2C1. The van der Waals surface area contributed by atoms with Crippen LogP contribution in [0.2, 0.25) is 0 Å². The first-order chi connectivity index (χ1) is 6.85. The summed E-state index contributed by atoms with van der Waals surface area (Å²) < 4.78 is 0. The van der Waals surface area contributed by atoms with Gasteiger partial charge in [0, 0.05) is 24.6 Å². The van der Waals surface area contributed by atoms with Crippen LogP contribution in [0.1, 0.15) is 18.9 Å². The molecule has 1 unspecified atom stereocenters. The maximum absolute atomic E-state index is 5.72. The average Bonchev–Trinajstić information content (AvgIpc) is 2.63. The van der Waals surface area contributed by atoms with Crippen molar-refractivity contribution in [2.45, 2.75) is 19.8 Å². The summed E-state index contributed by atoms with van der Waals surface area (Å²) in [4.78, 5) is 4.63. The molecule has 2 rings (SSSR count). The van der Waals surface area contributed by atoms with E-state index in [-0.39, 0.29) is 0 Å². The minimum atomic E-state index is 0.461. The van der Waals surface area contributed by atoms with Crippen molar-refractivity contribution < 1.29 is 0 Å². The third-order valence-corrected chi connectivity index (χ3v) is 2.88. The lowest BCUT2D eigenvalue weighted by atomic mass is 9.97. The second kappa shape index (κ2) is 3.93. The molecule has 0 saturated heterocycles. The lowest BCUT2D eigenvalue weighted by molar-refractivity contribution is 0.671. The van der Waals surface area contributed by atoms with E-state index in [1.165, 1.54) is 11.3 Å². The van der Waals surface area contributed by atoms with Crippen LogP contribution in [-0.4, -0.2) is 12.3 Å². The highest BCUT2D eigenvalue weighted by Gasteiger charge is 2.19. The predicted molar refractivity (Wildman–Crippen MR) is 60.1 cm³/mol. The Balaban J connectivity index is 2.22. The number of benzene rings is 1. The summed E-state index contributed by atoms with van der Waals surface area (Å²) in [6.07, 6.45) is 2.08. The number of hydrogen-bond acceptors (Lipinski definition) is 2. The zero-order valence-electron chi connectivity index (χ0n) is 8.53. The molecule has 1 atom stereocenters. The van der Waals surface area contributed by atoms with Crippen molar-refractivity contribution in [1.29, 1.82) is 0 Å². The van der Waals surface area contributed by atoms with Crippen molar-refractivity contribution >= 4 is 11.4 Å². The second-order valence-electron chi connectivity index (χ2n) is 3.75. The molecule has 0 fully saturated rings. The fourth-order valence-corrected chi connectivity index (χ4v) is 1.93. The molecule has 1 aromatic carbocycles. The number of rotatable bonds is 3. The summed E-state index contributed by atoms with van der Waals surface area (Å²) in [6, 6.07) is 8.33. The van der Waals surface area contributed by atoms with Crippen LogP contribution in [-0.2, 0) is 6.42 Å². The summed E-state index contributed by atoms with van der Waals surface area (Å²) in [5.74, 6) is 0.461. The molecule has 0 radical (unpaired) electrons. The summed E-state index contributed by atoms with van der Waals surface area (Å²) in [7, 11) is 0. The second-order valence-corrected chi connectivity index (χ2v) is 3.75. The van der Waals surface area contributed by atoms with E-state index < -0.39 is 0 Å². The average molecular weight is 188 g/mol. The number of nitrogens with two attached hydrogens (primary N) is 1. The van der Waals surface area contributed by atoms with E-state index in [0.29, 0.717) is 12.5 Å². The van der Waals surface area contributed by atoms with Gasteiger partial charge in [-0.05, 0) is 18.1 Å². The van der Waals surface area contributed by atoms with Crippen LogP contribution < -0.4 is 5.73 Å². The molecule has 2 heteroatoms. The summed E-state index contributed by atoms with van der Waals surface area (Å²) in [5, 5.41) is 0. The normalized spacial score (nSPS) is 16.3. The minimum absolute atomic E-state index is 0.461. The maximum Gasteiger partial charge on any atom is 0.0665 e. The summed E-state index contributed by atoms with van der Waals surface area (Å²) in [5.41, 5.74) is 9.45. The van der Waals surface area contributed by atoms with Crippen molar-refractivity contribution in [2.24, 2.45) is 16.6 Å². The Morgan fingerprint density at radius 1 is 1.43 bits per heavy atom. The number of aliphatic imine (C=N–C) groups is 1. The number of fused-ring (bicyclic) bond motifs is 1. The van der Waals surface area contributed by atoms with Crippen LogP contribution in [0.15, 0.2) is 29.3 Å². The molecule has 14 heavy (non-hydrogen) atoms. The van der Waals surface area contributed by atoms with Gasteiger partial charge in [-0.2, -0.15) is 0 Å². The van der Waals surface area contributed by atoms with E-state index >= 15 is 0 Å². The van der Waals surface area contributed by atoms with Crippen LogP contribution in [0.5, 0.6) is 0 Å². The molecule has 0 aromatic heterocycles. The number of nitrogens with zero attached hydrogens (tertiary/aromatic N) is 1. The van der Waals surface area contributed by atoms with Gasteiger partial charge in [0.2, 0.25) is 0 Å². The Kier molecular flexibility index (Phi) is 2.64. The molecule has 1 heterocycles.